The van der Waals surface area contributed by atoms with Crippen molar-refractivity contribution in [3.8, 4) is 5.75 Å². The molecule has 0 radical (unpaired) electrons. The Labute approximate surface area is 186 Å². The maximum absolute atomic E-state index is 11.4. The molecule has 32 heavy (non-hydrogen) atoms. The Hall–Kier alpha value is -3.90. The molecule has 4 aromatic carbocycles. The summed E-state index contributed by atoms with van der Waals surface area (Å²) in [7, 11) is 4.01. The molecular formula is C26H23N3O3. The van der Waals surface area contributed by atoms with Crippen LogP contribution in [0.25, 0.3) is 10.8 Å². The molecule has 0 spiro atoms. The lowest BCUT2D eigenvalue weighted by Gasteiger charge is -2.35. The van der Waals surface area contributed by atoms with Gasteiger partial charge >= 0.3 is 0 Å². The number of fused-ring (bicyclic) bond motifs is 3. The van der Waals surface area contributed by atoms with Crippen molar-refractivity contribution in [2.45, 2.75) is 12.3 Å². The SMILES string of the molecule is CN(C)c1ccc([C@H]2N[C@H](c3cccc([N+](=O)[O-])c3)c3c(ccc4ccccc34)O2)cc1. The predicted molar refractivity (Wildman–Crippen MR) is 126 cm³/mol. The summed E-state index contributed by atoms with van der Waals surface area (Å²) in [6.07, 6.45) is -0.385. The van der Waals surface area contributed by atoms with E-state index in [-0.39, 0.29) is 22.9 Å². The molecule has 1 N–H and O–H groups in total. The first-order chi connectivity index (χ1) is 15.5. The topological polar surface area (TPSA) is 67.6 Å². The second-order valence-corrected chi connectivity index (χ2v) is 8.13. The molecule has 4 aromatic rings. The number of hydrogen-bond acceptors (Lipinski definition) is 5. The molecular weight excluding hydrogens is 402 g/mol. The van der Waals surface area contributed by atoms with Gasteiger partial charge in [-0.1, -0.05) is 54.6 Å². The first-order valence-corrected chi connectivity index (χ1v) is 10.5. The fraction of sp³-hybridized carbons (Fsp3) is 0.154. The minimum Gasteiger partial charge on any atom is -0.471 e. The van der Waals surface area contributed by atoms with E-state index in [1.54, 1.807) is 12.1 Å². The smallest absolute Gasteiger partial charge is 0.269 e. The maximum atomic E-state index is 11.4. The van der Waals surface area contributed by atoms with Crippen LogP contribution < -0.4 is 15.0 Å². The highest BCUT2D eigenvalue weighted by Crippen LogP contribution is 2.43. The first kappa shape index (κ1) is 20.0. The summed E-state index contributed by atoms with van der Waals surface area (Å²) in [5.74, 6) is 0.778. The summed E-state index contributed by atoms with van der Waals surface area (Å²) in [4.78, 5) is 13.1. The average molecular weight is 425 g/mol. The Kier molecular flexibility index (Phi) is 4.99. The number of non-ortho nitro benzene ring substituents is 1. The maximum Gasteiger partial charge on any atom is 0.269 e. The molecule has 1 aliphatic heterocycles. The minimum atomic E-state index is -0.385. The highest BCUT2D eigenvalue weighted by atomic mass is 16.6. The molecule has 0 saturated carbocycles. The Morgan fingerprint density at radius 2 is 1.69 bits per heavy atom. The fourth-order valence-electron chi connectivity index (χ4n) is 4.26. The van der Waals surface area contributed by atoms with Gasteiger partial charge in [-0.25, -0.2) is 0 Å². The van der Waals surface area contributed by atoms with E-state index in [1.807, 2.05) is 55.4 Å². The lowest BCUT2D eigenvalue weighted by molar-refractivity contribution is -0.384. The van der Waals surface area contributed by atoms with E-state index in [1.165, 1.54) is 6.07 Å². The third kappa shape index (κ3) is 3.55. The van der Waals surface area contributed by atoms with Crippen molar-refractivity contribution in [2.75, 3.05) is 19.0 Å². The molecule has 2 atom stereocenters. The van der Waals surface area contributed by atoms with E-state index in [9.17, 15) is 10.1 Å². The molecule has 6 heteroatoms. The highest BCUT2D eigenvalue weighted by Gasteiger charge is 2.31. The number of hydrogen-bond donors (Lipinski definition) is 1. The number of rotatable bonds is 4. The Morgan fingerprint density at radius 1 is 0.906 bits per heavy atom. The molecule has 160 valence electrons. The fourth-order valence-corrected chi connectivity index (χ4v) is 4.26. The van der Waals surface area contributed by atoms with Gasteiger partial charge in [0.1, 0.15) is 5.75 Å². The van der Waals surface area contributed by atoms with E-state index < -0.39 is 0 Å². The van der Waals surface area contributed by atoms with E-state index in [4.69, 9.17) is 4.74 Å². The molecule has 0 bridgehead atoms. The van der Waals surface area contributed by atoms with Crippen molar-refractivity contribution in [3.05, 3.63) is 112 Å². The van der Waals surface area contributed by atoms with E-state index in [0.717, 1.165) is 38.9 Å². The second kappa shape index (κ2) is 7.98. The first-order valence-electron chi connectivity index (χ1n) is 10.5. The Balaban J connectivity index is 1.64. The van der Waals surface area contributed by atoms with Crippen LogP contribution in [0.15, 0.2) is 84.9 Å². The molecule has 0 fully saturated rings. The molecule has 0 unspecified atom stereocenters. The molecule has 5 rings (SSSR count). The number of nitrogens with one attached hydrogen (secondary N) is 1. The summed E-state index contributed by atoms with van der Waals surface area (Å²) in [6.45, 7) is 0. The standard InChI is InChI=1S/C26H23N3O3/c1-28(2)20-13-10-18(11-14-20)26-27-25(19-7-5-8-21(16-19)29(30)31)24-22-9-4-3-6-17(22)12-15-23(24)32-26/h3-16,25-27H,1-2H3/t25-,26+/m1/s1. The van der Waals surface area contributed by atoms with Gasteiger partial charge in [-0.15, -0.1) is 0 Å². The van der Waals surface area contributed by atoms with Gasteiger partial charge in [0.15, 0.2) is 6.23 Å². The monoisotopic (exact) mass is 425 g/mol. The van der Waals surface area contributed by atoms with Crippen molar-refractivity contribution >= 4 is 22.1 Å². The third-order valence-corrected chi connectivity index (χ3v) is 5.91. The van der Waals surface area contributed by atoms with Crippen molar-refractivity contribution in [1.82, 2.24) is 5.32 Å². The van der Waals surface area contributed by atoms with E-state index in [2.05, 4.69) is 35.6 Å². The molecule has 0 amide bonds. The van der Waals surface area contributed by atoms with Gasteiger partial charge in [-0.05, 0) is 34.5 Å². The zero-order valence-electron chi connectivity index (χ0n) is 17.9. The average Bonchev–Trinajstić information content (AvgIpc) is 2.83. The predicted octanol–water partition coefficient (Wildman–Crippen LogP) is 5.58. The molecule has 6 nitrogen and oxygen atoms in total. The third-order valence-electron chi connectivity index (χ3n) is 5.91. The number of nitrogens with zero attached hydrogens (tertiary/aromatic N) is 2. The highest BCUT2D eigenvalue weighted by molar-refractivity contribution is 5.89. The van der Waals surface area contributed by atoms with Crippen LogP contribution in [0, 0.1) is 10.1 Å². The van der Waals surface area contributed by atoms with Gasteiger partial charge in [0, 0.05) is 43.0 Å². The Bertz CT molecular complexity index is 1300. The van der Waals surface area contributed by atoms with Crippen LogP contribution in [0.1, 0.15) is 29.0 Å². The zero-order chi connectivity index (χ0) is 22.2. The lowest BCUT2D eigenvalue weighted by atomic mass is 9.91. The van der Waals surface area contributed by atoms with Gasteiger partial charge in [0.05, 0.1) is 11.0 Å². The van der Waals surface area contributed by atoms with Gasteiger partial charge < -0.3 is 9.64 Å². The molecule has 1 aliphatic rings. The van der Waals surface area contributed by atoms with Crippen LogP contribution in [0.4, 0.5) is 11.4 Å². The number of ether oxygens (including phenoxy) is 1. The number of anilines is 1. The summed E-state index contributed by atoms with van der Waals surface area (Å²) in [5, 5.41) is 17.2. The van der Waals surface area contributed by atoms with Gasteiger partial charge in [0.2, 0.25) is 0 Å². The second-order valence-electron chi connectivity index (χ2n) is 8.13. The molecule has 0 aromatic heterocycles. The van der Waals surface area contributed by atoms with Crippen LogP contribution in [-0.2, 0) is 0 Å². The van der Waals surface area contributed by atoms with Crippen molar-refractivity contribution in [2.24, 2.45) is 0 Å². The summed E-state index contributed by atoms with van der Waals surface area (Å²) in [5.41, 5.74) is 3.99. The quantitative estimate of drug-likeness (QED) is 0.341. The normalized spacial score (nSPS) is 17.4. The van der Waals surface area contributed by atoms with Crippen LogP contribution in [0.3, 0.4) is 0 Å². The molecule has 0 saturated heterocycles. The Morgan fingerprint density at radius 3 is 2.44 bits per heavy atom. The van der Waals surface area contributed by atoms with Crippen LogP contribution in [-0.4, -0.2) is 19.0 Å². The van der Waals surface area contributed by atoms with Crippen LogP contribution in [0.5, 0.6) is 5.75 Å². The van der Waals surface area contributed by atoms with Crippen LogP contribution >= 0.6 is 0 Å². The van der Waals surface area contributed by atoms with Gasteiger partial charge in [-0.3, -0.25) is 15.4 Å². The summed E-state index contributed by atoms with van der Waals surface area (Å²) < 4.78 is 6.40. The van der Waals surface area contributed by atoms with Crippen molar-refractivity contribution in [3.63, 3.8) is 0 Å². The minimum absolute atomic E-state index is 0.0736. The largest absolute Gasteiger partial charge is 0.471 e. The van der Waals surface area contributed by atoms with Crippen molar-refractivity contribution in [1.29, 1.82) is 0 Å². The summed E-state index contributed by atoms with van der Waals surface area (Å²) in [6, 6.07) is 26.9. The zero-order valence-corrected chi connectivity index (χ0v) is 17.9. The summed E-state index contributed by atoms with van der Waals surface area (Å²) >= 11 is 0. The van der Waals surface area contributed by atoms with E-state index in [0.29, 0.717) is 0 Å². The number of benzene rings is 4. The lowest BCUT2D eigenvalue weighted by Crippen LogP contribution is -2.35. The van der Waals surface area contributed by atoms with Gasteiger partial charge in [-0.2, -0.15) is 0 Å². The van der Waals surface area contributed by atoms with E-state index >= 15 is 0 Å². The number of nitro benzene ring substituents is 1. The van der Waals surface area contributed by atoms with Crippen molar-refractivity contribution < 1.29 is 9.66 Å². The molecule has 0 aliphatic carbocycles. The van der Waals surface area contributed by atoms with Gasteiger partial charge in [0.25, 0.3) is 5.69 Å². The number of nitro groups is 1. The molecule has 1 heterocycles. The van der Waals surface area contributed by atoms with Crippen LogP contribution in [0.2, 0.25) is 0 Å².